The van der Waals surface area contributed by atoms with Crippen molar-refractivity contribution in [2.45, 2.75) is 6.54 Å². The minimum Gasteiger partial charge on any atom is -0.497 e. The molecule has 5 aromatic rings. The van der Waals surface area contributed by atoms with E-state index in [1.165, 1.54) is 28.5 Å². The molecule has 0 saturated carbocycles. The molecule has 170 valence electrons. The van der Waals surface area contributed by atoms with Crippen LogP contribution in [-0.2, 0) is 6.54 Å². The van der Waals surface area contributed by atoms with Gasteiger partial charge < -0.3 is 10.1 Å². The number of nitrogens with one attached hydrogen (secondary N) is 1. The van der Waals surface area contributed by atoms with Crippen LogP contribution < -0.4 is 15.7 Å². The van der Waals surface area contributed by atoms with Crippen LogP contribution in [0.4, 0.5) is 20.4 Å². The van der Waals surface area contributed by atoms with Gasteiger partial charge in [-0.15, -0.1) is 0 Å². The minimum absolute atomic E-state index is 0.222. The molecule has 5 rings (SSSR count). The van der Waals surface area contributed by atoms with E-state index >= 15 is 0 Å². The molecule has 34 heavy (non-hydrogen) atoms. The molecule has 0 unspecified atom stereocenters. The quantitative estimate of drug-likeness (QED) is 0.400. The van der Waals surface area contributed by atoms with Crippen molar-refractivity contribution < 1.29 is 13.5 Å². The van der Waals surface area contributed by atoms with Gasteiger partial charge >= 0.3 is 5.69 Å². The first-order chi connectivity index (χ1) is 16.5. The van der Waals surface area contributed by atoms with E-state index in [4.69, 9.17) is 4.74 Å². The molecule has 0 fully saturated rings. The van der Waals surface area contributed by atoms with Gasteiger partial charge in [0.1, 0.15) is 22.9 Å². The predicted molar refractivity (Wildman–Crippen MR) is 125 cm³/mol. The number of hydrogen-bond acceptors (Lipinski definition) is 5. The zero-order chi connectivity index (χ0) is 23.7. The van der Waals surface area contributed by atoms with E-state index < -0.39 is 17.3 Å². The standard InChI is InChI=1S/C25H19F2N5O2/c1-34-18-10-5-9-17(13-18)32-23-22(14-28-24(30-23)29-16-7-3-2-4-8-16)31(25(32)33)15-19-20(26)11-6-12-21(19)27/h2-14H,15H2,1H3,(H,28,29,30). The van der Waals surface area contributed by atoms with E-state index in [9.17, 15) is 13.6 Å². The Morgan fingerprint density at radius 1 is 0.971 bits per heavy atom. The average Bonchev–Trinajstić information content (AvgIpc) is 3.12. The fraction of sp³-hybridized carbons (Fsp3) is 0.0800. The molecule has 1 N–H and O–H groups in total. The zero-order valence-corrected chi connectivity index (χ0v) is 18.1. The summed E-state index contributed by atoms with van der Waals surface area (Å²) >= 11 is 0. The summed E-state index contributed by atoms with van der Waals surface area (Å²) in [6, 6.07) is 19.8. The van der Waals surface area contributed by atoms with Crippen LogP contribution in [0.2, 0.25) is 0 Å². The van der Waals surface area contributed by atoms with Gasteiger partial charge in [-0.05, 0) is 36.4 Å². The molecule has 0 atom stereocenters. The van der Waals surface area contributed by atoms with E-state index in [2.05, 4.69) is 15.3 Å². The van der Waals surface area contributed by atoms with E-state index in [-0.39, 0.29) is 23.7 Å². The highest BCUT2D eigenvalue weighted by molar-refractivity contribution is 5.75. The lowest BCUT2D eigenvalue weighted by atomic mass is 10.2. The summed E-state index contributed by atoms with van der Waals surface area (Å²) < 4.78 is 36.7. The predicted octanol–water partition coefficient (Wildman–Crippen LogP) is 4.66. The van der Waals surface area contributed by atoms with Crippen molar-refractivity contribution in [1.82, 2.24) is 19.1 Å². The van der Waals surface area contributed by atoms with Gasteiger partial charge in [-0.25, -0.2) is 23.1 Å². The molecule has 0 aliphatic rings. The fourth-order valence-electron chi connectivity index (χ4n) is 3.72. The van der Waals surface area contributed by atoms with Crippen molar-refractivity contribution in [2.75, 3.05) is 12.4 Å². The van der Waals surface area contributed by atoms with Gasteiger partial charge in [-0.1, -0.05) is 30.3 Å². The monoisotopic (exact) mass is 459 g/mol. The van der Waals surface area contributed by atoms with Crippen LogP contribution in [0, 0.1) is 11.6 Å². The lowest BCUT2D eigenvalue weighted by molar-refractivity contribution is 0.414. The zero-order valence-electron chi connectivity index (χ0n) is 18.1. The highest BCUT2D eigenvalue weighted by atomic mass is 19.1. The Hall–Kier alpha value is -4.53. The summed E-state index contributed by atoms with van der Waals surface area (Å²) in [6.07, 6.45) is 1.46. The maximum Gasteiger partial charge on any atom is 0.335 e. The summed E-state index contributed by atoms with van der Waals surface area (Å²) in [7, 11) is 1.52. The molecule has 0 bridgehead atoms. The molecule has 7 nitrogen and oxygen atoms in total. The summed E-state index contributed by atoms with van der Waals surface area (Å²) in [5.74, 6) is -0.665. The number of imidazole rings is 1. The van der Waals surface area contributed by atoms with Crippen LogP contribution in [0.3, 0.4) is 0 Å². The minimum atomic E-state index is -0.738. The van der Waals surface area contributed by atoms with Crippen molar-refractivity contribution >= 4 is 22.8 Å². The maximum atomic E-state index is 14.4. The largest absolute Gasteiger partial charge is 0.497 e. The summed E-state index contributed by atoms with van der Waals surface area (Å²) in [4.78, 5) is 22.4. The first-order valence-corrected chi connectivity index (χ1v) is 10.4. The molecule has 9 heteroatoms. The third kappa shape index (κ3) is 3.88. The first-order valence-electron chi connectivity index (χ1n) is 10.4. The molecular weight excluding hydrogens is 440 g/mol. The Labute approximate surface area is 192 Å². The number of nitrogens with zero attached hydrogens (tertiary/aromatic N) is 4. The lowest BCUT2D eigenvalue weighted by Gasteiger charge is -2.07. The Morgan fingerprint density at radius 2 is 1.71 bits per heavy atom. The van der Waals surface area contributed by atoms with E-state index in [0.29, 0.717) is 17.0 Å². The van der Waals surface area contributed by atoms with Gasteiger partial charge in [0.15, 0.2) is 5.65 Å². The average molecular weight is 459 g/mol. The van der Waals surface area contributed by atoms with Gasteiger partial charge in [0.2, 0.25) is 5.95 Å². The summed E-state index contributed by atoms with van der Waals surface area (Å²) in [5.41, 5.74) is 1.13. The third-order valence-corrected chi connectivity index (χ3v) is 5.39. The number of para-hydroxylation sites is 1. The van der Waals surface area contributed by atoms with Crippen LogP contribution in [0.25, 0.3) is 16.9 Å². The van der Waals surface area contributed by atoms with Crippen molar-refractivity contribution in [3.05, 3.63) is 107 Å². The van der Waals surface area contributed by atoms with Crippen LogP contribution in [0.1, 0.15) is 5.56 Å². The molecule has 0 radical (unpaired) electrons. The van der Waals surface area contributed by atoms with Gasteiger partial charge in [-0.2, -0.15) is 4.98 Å². The second kappa shape index (κ2) is 8.78. The molecule has 2 heterocycles. The number of benzene rings is 3. The lowest BCUT2D eigenvalue weighted by Crippen LogP contribution is -2.24. The SMILES string of the molecule is COc1cccc(-n2c(=O)n(Cc3c(F)cccc3F)c3cnc(Nc4ccccc4)nc32)c1. The van der Waals surface area contributed by atoms with Crippen molar-refractivity contribution in [1.29, 1.82) is 0 Å². The molecular formula is C25H19F2N5O2. The summed E-state index contributed by atoms with van der Waals surface area (Å²) in [5, 5.41) is 3.10. The van der Waals surface area contributed by atoms with Crippen molar-refractivity contribution in [3.8, 4) is 11.4 Å². The maximum absolute atomic E-state index is 14.4. The Morgan fingerprint density at radius 3 is 2.44 bits per heavy atom. The van der Waals surface area contributed by atoms with Crippen LogP contribution in [0.5, 0.6) is 5.75 Å². The number of anilines is 2. The fourth-order valence-corrected chi connectivity index (χ4v) is 3.72. The van der Waals surface area contributed by atoms with E-state index in [1.807, 2.05) is 30.3 Å². The first kappa shape index (κ1) is 21.3. The molecule has 0 saturated heterocycles. The number of methoxy groups -OCH3 is 1. The molecule has 0 aliphatic heterocycles. The van der Waals surface area contributed by atoms with Gasteiger partial charge in [-0.3, -0.25) is 4.57 Å². The normalized spacial score (nSPS) is 11.0. The second-order valence-electron chi connectivity index (χ2n) is 7.50. The van der Waals surface area contributed by atoms with Crippen molar-refractivity contribution in [3.63, 3.8) is 0 Å². The van der Waals surface area contributed by atoms with E-state index in [1.54, 1.807) is 24.3 Å². The number of ether oxygens (including phenoxy) is 1. The molecule has 0 spiro atoms. The number of halogens is 2. The van der Waals surface area contributed by atoms with E-state index in [0.717, 1.165) is 17.8 Å². The number of aromatic nitrogens is 4. The molecule has 0 amide bonds. The summed E-state index contributed by atoms with van der Waals surface area (Å²) in [6.45, 7) is -0.320. The van der Waals surface area contributed by atoms with Crippen LogP contribution in [0.15, 0.2) is 83.8 Å². The van der Waals surface area contributed by atoms with Crippen LogP contribution in [-0.4, -0.2) is 26.2 Å². The third-order valence-electron chi connectivity index (χ3n) is 5.39. The van der Waals surface area contributed by atoms with Crippen LogP contribution >= 0.6 is 0 Å². The second-order valence-corrected chi connectivity index (χ2v) is 7.50. The highest BCUT2D eigenvalue weighted by Crippen LogP contribution is 2.23. The molecule has 3 aromatic carbocycles. The van der Waals surface area contributed by atoms with Gasteiger partial charge in [0.25, 0.3) is 0 Å². The van der Waals surface area contributed by atoms with Crippen molar-refractivity contribution in [2.24, 2.45) is 0 Å². The number of rotatable bonds is 6. The van der Waals surface area contributed by atoms with Gasteiger partial charge in [0.05, 0.1) is 25.5 Å². The topological polar surface area (TPSA) is 74.0 Å². The Kier molecular flexibility index (Phi) is 5.51. The number of fused-ring (bicyclic) bond motifs is 1. The van der Waals surface area contributed by atoms with Gasteiger partial charge in [0, 0.05) is 17.3 Å². The smallest absolute Gasteiger partial charge is 0.335 e. The molecule has 0 aliphatic carbocycles. The number of hydrogen-bond donors (Lipinski definition) is 1. The molecule has 2 aromatic heterocycles. The Balaban J connectivity index is 1.71. The Bertz CT molecular complexity index is 1530. The highest BCUT2D eigenvalue weighted by Gasteiger charge is 2.20.